The summed E-state index contributed by atoms with van der Waals surface area (Å²) in [5.41, 5.74) is 1.07. The van der Waals surface area contributed by atoms with E-state index >= 15 is 0 Å². The van der Waals surface area contributed by atoms with Gasteiger partial charge in [-0.3, -0.25) is 4.79 Å². The van der Waals surface area contributed by atoms with E-state index in [1.165, 1.54) is 25.6 Å². The number of aromatic amines is 1. The lowest BCUT2D eigenvalue weighted by Crippen LogP contribution is -2.25. The molecule has 0 fully saturated rings. The average Bonchev–Trinajstić information content (AvgIpc) is 3.08. The number of fused-ring (bicyclic) bond motifs is 1. The first-order valence-corrected chi connectivity index (χ1v) is 8.31. The van der Waals surface area contributed by atoms with Crippen LogP contribution in [0.5, 0.6) is 11.5 Å². The SMILES string of the molecule is COc1ccc(OC)c(NC(=O)Nc2c(=O)[nH]c(C)c3ccsc23)c1. The van der Waals surface area contributed by atoms with Crippen molar-refractivity contribution in [1.29, 1.82) is 0 Å². The number of anilines is 2. The highest BCUT2D eigenvalue weighted by molar-refractivity contribution is 7.17. The molecule has 0 bridgehead atoms. The number of nitrogens with one attached hydrogen (secondary N) is 3. The molecular formula is C17H17N3O4S. The quantitative estimate of drug-likeness (QED) is 0.664. The van der Waals surface area contributed by atoms with Crippen LogP contribution in [0.1, 0.15) is 5.69 Å². The number of hydrogen-bond acceptors (Lipinski definition) is 5. The monoisotopic (exact) mass is 359 g/mol. The van der Waals surface area contributed by atoms with E-state index in [9.17, 15) is 9.59 Å². The molecule has 0 saturated carbocycles. The van der Waals surface area contributed by atoms with Gasteiger partial charge in [0.15, 0.2) is 0 Å². The molecule has 130 valence electrons. The van der Waals surface area contributed by atoms with E-state index < -0.39 is 6.03 Å². The van der Waals surface area contributed by atoms with Gasteiger partial charge >= 0.3 is 6.03 Å². The summed E-state index contributed by atoms with van der Waals surface area (Å²) in [7, 11) is 3.04. The van der Waals surface area contributed by atoms with Crippen LogP contribution in [0, 0.1) is 6.92 Å². The van der Waals surface area contributed by atoms with Gasteiger partial charge in [0, 0.05) is 17.1 Å². The van der Waals surface area contributed by atoms with Crippen molar-refractivity contribution in [2.24, 2.45) is 0 Å². The molecule has 2 amide bonds. The number of thiophene rings is 1. The third-order valence-corrected chi connectivity index (χ3v) is 4.65. The van der Waals surface area contributed by atoms with Gasteiger partial charge in [0.25, 0.3) is 5.56 Å². The van der Waals surface area contributed by atoms with Crippen LogP contribution in [0.15, 0.2) is 34.4 Å². The maximum Gasteiger partial charge on any atom is 0.323 e. The Morgan fingerprint density at radius 2 is 1.96 bits per heavy atom. The fourth-order valence-corrected chi connectivity index (χ4v) is 3.44. The number of aryl methyl sites for hydroxylation is 1. The van der Waals surface area contributed by atoms with Gasteiger partial charge in [-0.25, -0.2) is 4.79 Å². The third-order valence-electron chi connectivity index (χ3n) is 3.72. The van der Waals surface area contributed by atoms with Gasteiger partial charge in [0.2, 0.25) is 0 Å². The van der Waals surface area contributed by atoms with Crippen LogP contribution < -0.4 is 25.7 Å². The fourth-order valence-electron chi connectivity index (χ4n) is 2.49. The third kappa shape index (κ3) is 3.29. The summed E-state index contributed by atoms with van der Waals surface area (Å²) in [4.78, 5) is 27.4. The molecule has 1 aromatic carbocycles. The van der Waals surface area contributed by atoms with Crippen molar-refractivity contribution in [2.45, 2.75) is 6.92 Å². The molecule has 0 atom stereocenters. The first-order chi connectivity index (χ1) is 12.0. The molecule has 3 aromatic rings. The zero-order chi connectivity index (χ0) is 18.0. The smallest absolute Gasteiger partial charge is 0.323 e. The van der Waals surface area contributed by atoms with Gasteiger partial charge in [-0.2, -0.15) is 0 Å². The Kier molecular flexibility index (Phi) is 4.62. The highest BCUT2D eigenvalue weighted by atomic mass is 32.1. The van der Waals surface area contributed by atoms with E-state index in [4.69, 9.17) is 9.47 Å². The van der Waals surface area contributed by atoms with E-state index in [0.717, 1.165) is 15.8 Å². The minimum atomic E-state index is -0.546. The molecule has 25 heavy (non-hydrogen) atoms. The van der Waals surface area contributed by atoms with Crippen molar-refractivity contribution < 1.29 is 14.3 Å². The number of rotatable bonds is 4. The van der Waals surface area contributed by atoms with Crippen molar-refractivity contribution in [3.63, 3.8) is 0 Å². The lowest BCUT2D eigenvalue weighted by atomic mass is 10.2. The van der Waals surface area contributed by atoms with Crippen LogP contribution >= 0.6 is 11.3 Å². The Balaban J connectivity index is 1.89. The van der Waals surface area contributed by atoms with Crippen LogP contribution in [0.4, 0.5) is 16.2 Å². The van der Waals surface area contributed by atoms with Crippen molar-refractivity contribution in [2.75, 3.05) is 24.9 Å². The minimum Gasteiger partial charge on any atom is -0.497 e. The van der Waals surface area contributed by atoms with Crippen molar-refractivity contribution >= 4 is 38.8 Å². The molecule has 0 unspecified atom stereocenters. The summed E-state index contributed by atoms with van der Waals surface area (Å²) in [5, 5.41) is 8.08. The number of benzene rings is 1. The number of methoxy groups -OCH3 is 2. The van der Waals surface area contributed by atoms with Gasteiger partial charge in [-0.15, -0.1) is 11.3 Å². The summed E-state index contributed by atoms with van der Waals surface area (Å²) in [5.74, 6) is 1.06. The van der Waals surface area contributed by atoms with E-state index in [2.05, 4.69) is 15.6 Å². The second kappa shape index (κ2) is 6.86. The van der Waals surface area contributed by atoms with Gasteiger partial charge in [0.05, 0.1) is 24.6 Å². The molecule has 0 aliphatic rings. The number of urea groups is 1. The Morgan fingerprint density at radius 3 is 2.68 bits per heavy atom. The molecule has 0 aliphatic heterocycles. The van der Waals surface area contributed by atoms with E-state index in [1.807, 2.05) is 18.4 Å². The molecule has 3 rings (SSSR count). The number of hydrogen-bond donors (Lipinski definition) is 3. The number of pyridine rings is 1. The van der Waals surface area contributed by atoms with Crippen LogP contribution in [0.2, 0.25) is 0 Å². The Hall–Kier alpha value is -3.00. The summed E-state index contributed by atoms with van der Waals surface area (Å²) in [6.07, 6.45) is 0. The van der Waals surface area contributed by atoms with Gasteiger partial charge in [0.1, 0.15) is 17.2 Å². The highest BCUT2D eigenvalue weighted by Crippen LogP contribution is 2.30. The lowest BCUT2D eigenvalue weighted by molar-refractivity contribution is 0.262. The first kappa shape index (κ1) is 16.8. The second-order valence-corrected chi connectivity index (χ2v) is 6.18. The number of carbonyl (C=O) groups excluding carboxylic acids is 1. The fraction of sp³-hybridized carbons (Fsp3) is 0.176. The lowest BCUT2D eigenvalue weighted by Gasteiger charge is -2.13. The van der Waals surface area contributed by atoms with Crippen LogP contribution in [0.3, 0.4) is 0 Å². The number of ether oxygens (including phenoxy) is 2. The van der Waals surface area contributed by atoms with Gasteiger partial charge in [-0.1, -0.05) is 0 Å². The molecule has 0 spiro atoms. The number of carbonyl (C=O) groups is 1. The van der Waals surface area contributed by atoms with Crippen molar-refractivity contribution in [1.82, 2.24) is 4.98 Å². The maximum atomic E-state index is 12.4. The van der Waals surface area contributed by atoms with Crippen LogP contribution in [-0.4, -0.2) is 25.2 Å². The molecule has 0 aliphatic carbocycles. The topological polar surface area (TPSA) is 92.4 Å². The van der Waals surface area contributed by atoms with Gasteiger partial charge < -0.3 is 25.1 Å². The van der Waals surface area contributed by atoms with Gasteiger partial charge in [-0.05, 0) is 30.5 Å². The molecule has 2 heterocycles. The van der Waals surface area contributed by atoms with E-state index in [0.29, 0.717) is 17.2 Å². The molecule has 8 heteroatoms. The molecule has 0 saturated heterocycles. The zero-order valence-corrected chi connectivity index (χ0v) is 14.7. The highest BCUT2D eigenvalue weighted by Gasteiger charge is 2.15. The average molecular weight is 359 g/mol. The van der Waals surface area contributed by atoms with Crippen molar-refractivity contribution in [3.8, 4) is 11.5 Å². The minimum absolute atomic E-state index is 0.218. The Bertz CT molecular complexity index is 993. The summed E-state index contributed by atoms with van der Waals surface area (Å²) in [6, 6.07) is 6.40. The predicted octanol–water partition coefficient (Wildman–Crippen LogP) is 3.56. The predicted molar refractivity (Wildman–Crippen MR) is 99.4 cm³/mol. The summed E-state index contributed by atoms with van der Waals surface area (Å²) >= 11 is 1.40. The molecular weight excluding hydrogens is 342 g/mol. The summed E-state index contributed by atoms with van der Waals surface area (Å²) < 4.78 is 11.1. The molecule has 2 aromatic heterocycles. The Morgan fingerprint density at radius 1 is 1.16 bits per heavy atom. The second-order valence-electron chi connectivity index (χ2n) is 5.26. The zero-order valence-electron chi connectivity index (χ0n) is 13.9. The van der Waals surface area contributed by atoms with Crippen LogP contribution in [-0.2, 0) is 0 Å². The maximum absolute atomic E-state index is 12.4. The molecule has 3 N–H and O–H groups in total. The Labute approximate surface area is 147 Å². The molecule has 7 nitrogen and oxygen atoms in total. The van der Waals surface area contributed by atoms with E-state index in [1.54, 1.807) is 18.2 Å². The first-order valence-electron chi connectivity index (χ1n) is 7.43. The standard InChI is InChI=1S/C17H17N3O4S/c1-9-11-6-7-25-15(11)14(16(21)18-9)20-17(22)19-12-8-10(23-2)4-5-13(12)24-3/h4-8H,1-3H3,(H,18,21)(H2,19,20,22). The molecule has 0 radical (unpaired) electrons. The number of aromatic nitrogens is 1. The normalized spacial score (nSPS) is 10.5. The van der Waals surface area contributed by atoms with Crippen LogP contribution in [0.25, 0.3) is 10.1 Å². The number of H-pyrrole nitrogens is 1. The number of amides is 2. The summed E-state index contributed by atoms with van der Waals surface area (Å²) in [6.45, 7) is 1.82. The van der Waals surface area contributed by atoms with Crippen molar-refractivity contribution in [3.05, 3.63) is 45.7 Å². The van der Waals surface area contributed by atoms with E-state index in [-0.39, 0.29) is 11.2 Å². The largest absolute Gasteiger partial charge is 0.497 e.